The third-order valence-corrected chi connectivity index (χ3v) is 4.48. The van der Waals surface area contributed by atoms with Gasteiger partial charge < -0.3 is 14.4 Å². The first-order chi connectivity index (χ1) is 13.6. The van der Waals surface area contributed by atoms with E-state index in [0.29, 0.717) is 37.7 Å². The van der Waals surface area contributed by atoms with E-state index >= 15 is 0 Å². The Labute approximate surface area is 165 Å². The van der Waals surface area contributed by atoms with E-state index in [1.807, 2.05) is 55.3 Å². The lowest BCUT2D eigenvalue weighted by atomic mass is 10.2. The van der Waals surface area contributed by atoms with Gasteiger partial charge in [-0.25, -0.2) is 14.8 Å². The quantitative estimate of drug-likeness (QED) is 0.757. The minimum atomic E-state index is -0.404. The molecule has 1 fully saturated rings. The minimum Gasteiger partial charge on any atom is -0.492 e. The molecule has 0 bridgehead atoms. The average molecular weight is 385 g/mol. The summed E-state index contributed by atoms with van der Waals surface area (Å²) in [7, 11) is 0. The van der Waals surface area contributed by atoms with Gasteiger partial charge in [-0.05, 0) is 45.0 Å². The fraction of sp³-hybridized carbons (Fsp3) is 0.450. The molecule has 1 amide bonds. The van der Waals surface area contributed by atoms with Crippen LogP contribution in [0.3, 0.4) is 0 Å². The third-order valence-electron chi connectivity index (χ3n) is 4.48. The van der Waals surface area contributed by atoms with Crippen LogP contribution in [0, 0.1) is 6.92 Å². The average Bonchev–Trinajstić information content (AvgIpc) is 2.71. The van der Waals surface area contributed by atoms with Crippen LogP contribution in [0.15, 0.2) is 36.4 Å². The largest absolute Gasteiger partial charge is 0.492 e. The summed E-state index contributed by atoms with van der Waals surface area (Å²) in [5.74, 6) is 1.51. The molecule has 1 aliphatic rings. The number of hydrazine groups is 1. The van der Waals surface area contributed by atoms with Crippen LogP contribution in [0.4, 0.5) is 16.3 Å². The van der Waals surface area contributed by atoms with Gasteiger partial charge >= 0.3 is 6.09 Å². The Morgan fingerprint density at radius 1 is 1.04 bits per heavy atom. The molecule has 0 atom stereocenters. The van der Waals surface area contributed by atoms with Crippen LogP contribution >= 0.6 is 0 Å². The van der Waals surface area contributed by atoms with Gasteiger partial charge in [0.2, 0.25) is 0 Å². The maximum absolute atomic E-state index is 12.8. The summed E-state index contributed by atoms with van der Waals surface area (Å²) in [5.41, 5.74) is 1.58. The Morgan fingerprint density at radius 2 is 1.79 bits per heavy atom. The molecule has 0 unspecified atom stereocenters. The van der Waals surface area contributed by atoms with Gasteiger partial charge in [0.1, 0.15) is 11.4 Å². The van der Waals surface area contributed by atoms with Gasteiger partial charge in [-0.2, -0.15) is 5.10 Å². The molecule has 28 heavy (non-hydrogen) atoms. The van der Waals surface area contributed by atoms with Gasteiger partial charge in [-0.3, -0.25) is 0 Å². The van der Waals surface area contributed by atoms with Gasteiger partial charge in [-0.15, -0.1) is 5.10 Å². The first-order valence-electron chi connectivity index (χ1n) is 9.62. The highest BCUT2D eigenvalue weighted by molar-refractivity contribution is 5.88. The number of anilines is 2. The van der Waals surface area contributed by atoms with E-state index in [-0.39, 0.29) is 0 Å². The lowest BCUT2D eigenvalue weighted by molar-refractivity contribution is 0.130. The minimum absolute atomic E-state index is 0.311. The van der Waals surface area contributed by atoms with Crippen LogP contribution in [0.2, 0.25) is 0 Å². The smallest absolute Gasteiger partial charge is 0.429 e. The Balaban J connectivity index is 1.79. The van der Waals surface area contributed by atoms with E-state index in [1.54, 1.807) is 11.9 Å². The molecule has 0 aliphatic carbocycles. The van der Waals surface area contributed by atoms with E-state index in [0.717, 1.165) is 24.6 Å². The Morgan fingerprint density at radius 3 is 2.43 bits per heavy atom. The van der Waals surface area contributed by atoms with Gasteiger partial charge in [0.25, 0.3) is 0 Å². The molecular formula is C20H27N5O3. The van der Waals surface area contributed by atoms with Crippen molar-refractivity contribution in [2.75, 3.05) is 49.3 Å². The highest BCUT2D eigenvalue weighted by atomic mass is 16.6. The number of nitrogens with zero attached hydrogens (tertiary/aromatic N) is 5. The predicted octanol–water partition coefficient (Wildman–Crippen LogP) is 2.88. The van der Waals surface area contributed by atoms with E-state index < -0.39 is 6.09 Å². The maximum atomic E-state index is 12.8. The molecule has 0 saturated carbocycles. The number of amides is 1. The second kappa shape index (κ2) is 9.36. The standard InChI is InChI=1S/C20H27N5O3/c1-4-27-18-9-7-6-8-17(18)25(20(26)28-5-2)24-14-12-23(13-15-24)19-11-10-16(3)21-22-19/h6-11H,4-5,12-15H2,1-3H3. The first-order valence-corrected chi connectivity index (χ1v) is 9.62. The van der Waals surface area contributed by atoms with Crippen molar-refractivity contribution < 1.29 is 14.3 Å². The molecule has 1 aromatic carbocycles. The van der Waals surface area contributed by atoms with Crippen LogP contribution in [0.5, 0.6) is 5.75 Å². The number of carbonyl (C=O) groups excluding carboxylic acids is 1. The van der Waals surface area contributed by atoms with Crippen molar-refractivity contribution >= 4 is 17.6 Å². The summed E-state index contributed by atoms with van der Waals surface area (Å²) in [5, 5.41) is 12.0. The fourth-order valence-corrected chi connectivity index (χ4v) is 3.15. The molecule has 150 valence electrons. The highest BCUT2D eigenvalue weighted by Gasteiger charge is 2.30. The number of benzene rings is 1. The molecule has 8 heteroatoms. The summed E-state index contributed by atoms with van der Waals surface area (Å²) >= 11 is 0. The lowest BCUT2D eigenvalue weighted by Crippen LogP contribution is -2.56. The Kier molecular flexibility index (Phi) is 6.65. The summed E-state index contributed by atoms with van der Waals surface area (Å²) in [6, 6.07) is 11.5. The fourth-order valence-electron chi connectivity index (χ4n) is 3.15. The van der Waals surface area contributed by atoms with Crippen molar-refractivity contribution in [2.45, 2.75) is 20.8 Å². The van der Waals surface area contributed by atoms with E-state index in [2.05, 4.69) is 15.1 Å². The summed E-state index contributed by atoms with van der Waals surface area (Å²) in [4.78, 5) is 14.9. The number of aromatic nitrogens is 2. The summed E-state index contributed by atoms with van der Waals surface area (Å²) in [6.45, 7) is 9.23. The van der Waals surface area contributed by atoms with Crippen molar-refractivity contribution in [3.8, 4) is 5.75 Å². The SMILES string of the molecule is CCOC(=O)N(c1ccccc1OCC)N1CCN(c2ccc(C)nn2)CC1. The van der Waals surface area contributed by atoms with E-state index in [9.17, 15) is 4.79 Å². The Hall–Kier alpha value is -2.87. The van der Waals surface area contributed by atoms with Crippen LogP contribution in [0.1, 0.15) is 19.5 Å². The number of ether oxygens (including phenoxy) is 2. The van der Waals surface area contributed by atoms with Gasteiger partial charge in [0, 0.05) is 26.2 Å². The third kappa shape index (κ3) is 4.51. The summed E-state index contributed by atoms with van der Waals surface area (Å²) in [6.07, 6.45) is -0.404. The molecule has 3 rings (SSSR count). The van der Waals surface area contributed by atoms with Crippen molar-refractivity contribution in [2.24, 2.45) is 0 Å². The number of carbonyl (C=O) groups is 1. The van der Waals surface area contributed by atoms with E-state index in [4.69, 9.17) is 9.47 Å². The number of para-hydroxylation sites is 2. The molecule has 2 heterocycles. The van der Waals surface area contributed by atoms with Crippen LogP contribution in [-0.4, -0.2) is 60.7 Å². The van der Waals surface area contributed by atoms with Gasteiger partial charge in [0.15, 0.2) is 5.82 Å². The molecular weight excluding hydrogens is 358 g/mol. The molecule has 1 aromatic heterocycles. The molecule has 0 radical (unpaired) electrons. The molecule has 1 aliphatic heterocycles. The van der Waals surface area contributed by atoms with Crippen molar-refractivity contribution in [3.05, 3.63) is 42.1 Å². The predicted molar refractivity (Wildman–Crippen MR) is 108 cm³/mol. The molecule has 8 nitrogen and oxygen atoms in total. The van der Waals surface area contributed by atoms with Crippen molar-refractivity contribution in [1.29, 1.82) is 0 Å². The monoisotopic (exact) mass is 385 g/mol. The number of aryl methyl sites for hydroxylation is 1. The van der Waals surface area contributed by atoms with Gasteiger partial charge in [0.05, 0.1) is 18.9 Å². The van der Waals surface area contributed by atoms with Crippen LogP contribution in [-0.2, 0) is 4.74 Å². The van der Waals surface area contributed by atoms with E-state index in [1.165, 1.54) is 0 Å². The molecule has 2 aromatic rings. The first kappa shape index (κ1) is 19.9. The second-order valence-electron chi connectivity index (χ2n) is 6.39. The normalized spacial score (nSPS) is 14.6. The zero-order chi connectivity index (χ0) is 19.9. The maximum Gasteiger partial charge on any atom is 0.429 e. The number of hydrogen-bond acceptors (Lipinski definition) is 7. The number of hydrogen-bond donors (Lipinski definition) is 0. The highest BCUT2D eigenvalue weighted by Crippen LogP contribution is 2.30. The number of rotatable bonds is 6. The topological polar surface area (TPSA) is 71.0 Å². The molecule has 0 spiro atoms. The zero-order valence-corrected chi connectivity index (χ0v) is 16.7. The summed E-state index contributed by atoms with van der Waals surface area (Å²) < 4.78 is 11.1. The van der Waals surface area contributed by atoms with Crippen molar-refractivity contribution in [1.82, 2.24) is 15.2 Å². The van der Waals surface area contributed by atoms with Crippen molar-refractivity contribution in [3.63, 3.8) is 0 Å². The van der Waals surface area contributed by atoms with Gasteiger partial charge in [-0.1, -0.05) is 12.1 Å². The van der Waals surface area contributed by atoms with Crippen LogP contribution in [0.25, 0.3) is 0 Å². The zero-order valence-electron chi connectivity index (χ0n) is 16.7. The molecule has 1 saturated heterocycles. The number of piperazine rings is 1. The van der Waals surface area contributed by atoms with Crippen LogP contribution < -0.4 is 14.6 Å². The second-order valence-corrected chi connectivity index (χ2v) is 6.39. The lowest BCUT2D eigenvalue weighted by Gasteiger charge is -2.40. The Bertz CT molecular complexity index is 776. The molecule has 0 N–H and O–H groups in total.